The first-order chi connectivity index (χ1) is 13.0. The molecule has 0 saturated heterocycles. The SMILES string of the molecule is CC(=O)c1cccc2c1OB(O)[C@@H](CC(=O)/C=C/C(=O)c1cccnc1)C2. The standard InChI is InChI=1S/C20H18BNO5/c1-13(23)18-6-2-4-14-10-16(21(26)27-20(14)18)11-17(24)7-8-19(25)15-5-3-9-22-12-15/h2-9,12,16,26H,10-11H2,1H3/b8-7+/t16-/m1/s1. The molecule has 1 aliphatic rings. The van der Waals surface area contributed by atoms with Crippen molar-refractivity contribution < 1.29 is 24.1 Å². The second-order valence-electron chi connectivity index (χ2n) is 6.43. The second kappa shape index (κ2) is 8.10. The van der Waals surface area contributed by atoms with Gasteiger partial charge in [-0.3, -0.25) is 19.4 Å². The normalized spacial score (nSPS) is 15.9. The molecule has 1 N–H and O–H groups in total. The highest BCUT2D eigenvalue weighted by atomic mass is 16.5. The number of carbonyl (C=O) groups excluding carboxylic acids is 3. The van der Waals surface area contributed by atoms with E-state index in [0.717, 1.165) is 5.56 Å². The molecular weight excluding hydrogens is 345 g/mol. The molecule has 0 amide bonds. The summed E-state index contributed by atoms with van der Waals surface area (Å²) >= 11 is 0. The number of Topliss-reactive ketones (excluding diaryl/α,β-unsaturated/α-hetero) is 1. The Morgan fingerprint density at radius 3 is 2.78 bits per heavy atom. The minimum Gasteiger partial charge on any atom is -0.535 e. The monoisotopic (exact) mass is 363 g/mol. The maximum Gasteiger partial charge on any atom is 0.526 e. The third-order valence-electron chi connectivity index (χ3n) is 4.43. The number of aromatic nitrogens is 1. The number of nitrogens with zero attached hydrogens (tertiary/aromatic N) is 1. The summed E-state index contributed by atoms with van der Waals surface area (Å²) in [6, 6.07) is 8.47. The molecule has 0 aliphatic carbocycles. The molecule has 0 unspecified atom stereocenters. The van der Waals surface area contributed by atoms with E-state index in [9.17, 15) is 19.4 Å². The topological polar surface area (TPSA) is 93.6 Å². The lowest BCUT2D eigenvalue weighted by molar-refractivity contribution is -0.114. The summed E-state index contributed by atoms with van der Waals surface area (Å²) in [4.78, 5) is 39.7. The molecule has 0 fully saturated rings. The molecular formula is C20H18BNO5. The summed E-state index contributed by atoms with van der Waals surface area (Å²) in [5.74, 6) is -0.821. The van der Waals surface area contributed by atoms with E-state index in [1.165, 1.54) is 25.3 Å². The predicted octanol–water partition coefficient (Wildman–Crippen LogP) is 2.47. The Balaban J connectivity index is 1.67. The van der Waals surface area contributed by atoms with Gasteiger partial charge in [0.05, 0.1) is 5.56 Å². The van der Waals surface area contributed by atoms with Gasteiger partial charge in [0.15, 0.2) is 17.3 Å². The van der Waals surface area contributed by atoms with Crippen molar-refractivity contribution in [2.45, 2.75) is 25.6 Å². The Morgan fingerprint density at radius 1 is 1.26 bits per heavy atom. The molecule has 0 spiro atoms. The van der Waals surface area contributed by atoms with Crippen LogP contribution in [0.15, 0.2) is 54.9 Å². The van der Waals surface area contributed by atoms with E-state index in [-0.39, 0.29) is 23.8 Å². The minimum absolute atomic E-state index is 0.0295. The molecule has 136 valence electrons. The van der Waals surface area contributed by atoms with Gasteiger partial charge >= 0.3 is 7.12 Å². The van der Waals surface area contributed by atoms with Crippen LogP contribution in [-0.4, -0.2) is 34.5 Å². The third-order valence-corrected chi connectivity index (χ3v) is 4.43. The fourth-order valence-corrected chi connectivity index (χ4v) is 3.04. The van der Waals surface area contributed by atoms with Crippen LogP contribution in [0.3, 0.4) is 0 Å². The van der Waals surface area contributed by atoms with Gasteiger partial charge in [-0.2, -0.15) is 0 Å². The average Bonchev–Trinajstić information content (AvgIpc) is 2.66. The molecule has 6 nitrogen and oxygen atoms in total. The zero-order chi connectivity index (χ0) is 19.4. The van der Waals surface area contributed by atoms with Crippen molar-refractivity contribution in [1.29, 1.82) is 0 Å². The van der Waals surface area contributed by atoms with E-state index < -0.39 is 12.9 Å². The summed E-state index contributed by atoms with van der Waals surface area (Å²) in [5.41, 5.74) is 1.59. The van der Waals surface area contributed by atoms with Gasteiger partial charge in [0.2, 0.25) is 0 Å². The van der Waals surface area contributed by atoms with Crippen molar-refractivity contribution >= 4 is 24.5 Å². The highest BCUT2D eigenvalue weighted by Crippen LogP contribution is 2.36. The Kier molecular flexibility index (Phi) is 5.62. The lowest BCUT2D eigenvalue weighted by Crippen LogP contribution is -2.35. The molecule has 1 aromatic carbocycles. The minimum atomic E-state index is -1.19. The number of fused-ring (bicyclic) bond motifs is 1. The summed E-state index contributed by atoms with van der Waals surface area (Å²) in [6.07, 6.45) is 5.85. The van der Waals surface area contributed by atoms with Crippen LogP contribution >= 0.6 is 0 Å². The Hall–Kier alpha value is -3.06. The molecule has 0 saturated carbocycles. The molecule has 1 aliphatic heterocycles. The van der Waals surface area contributed by atoms with Gasteiger partial charge < -0.3 is 9.68 Å². The van der Waals surface area contributed by atoms with Crippen LogP contribution in [0, 0.1) is 0 Å². The van der Waals surface area contributed by atoms with Gasteiger partial charge in [-0.15, -0.1) is 0 Å². The summed E-state index contributed by atoms with van der Waals surface area (Å²) in [6.45, 7) is 1.44. The van der Waals surface area contributed by atoms with Crippen LogP contribution in [-0.2, 0) is 11.2 Å². The number of para-hydroxylation sites is 1. The van der Waals surface area contributed by atoms with Crippen LogP contribution in [0.1, 0.15) is 39.6 Å². The van der Waals surface area contributed by atoms with Gasteiger partial charge in [-0.1, -0.05) is 12.1 Å². The number of rotatable bonds is 6. The largest absolute Gasteiger partial charge is 0.535 e. The van der Waals surface area contributed by atoms with Crippen LogP contribution in [0.2, 0.25) is 5.82 Å². The number of ketones is 3. The molecule has 1 aromatic heterocycles. The number of carbonyl (C=O) groups is 3. The summed E-state index contributed by atoms with van der Waals surface area (Å²) < 4.78 is 5.52. The van der Waals surface area contributed by atoms with E-state index in [1.54, 1.807) is 30.5 Å². The molecule has 0 bridgehead atoms. The zero-order valence-corrected chi connectivity index (χ0v) is 14.8. The van der Waals surface area contributed by atoms with Crippen LogP contribution in [0.5, 0.6) is 5.75 Å². The number of allylic oxidation sites excluding steroid dienone is 2. The van der Waals surface area contributed by atoms with Crippen molar-refractivity contribution in [3.05, 3.63) is 71.6 Å². The predicted molar refractivity (Wildman–Crippen MR) is 99.8 cm³/mol. The first-order valence-corrected chi connectivity index (χ1v) is 8.58. The van der Waals surface area contributed by atoms with Crippen LogP contribution < -0.4 is 4.65 Å². The highest BCUT2D eigenvalue weighted by molar-refractivity contribution is 6.47. The van der Waals surface area contributed by atoms with Gasteiger partial charge in [0.25, 0.3) is 0 Å². The number of pyridine rings is 1. The van der Waals surface area contributed by atoms with Gasteiger partial charge in [-0.25, -0.2) is 0 Å². The molecule has 2 heterocycles. The Labute approximate surface area is 157 Å². The van der Waals surface area contributed by atoms with E-state index in [2.05, 4.69) is 4.98 Å². The maximum absolute atomic E-state index is 12.2. The molecule has 3 rings (SSSR count). The second-order valence-corrected chi connectivity index (χ2v) is 6.43. The van der Waals surface area contributed by atoms with Crippen molar-refractivity contribution in [3.63, 3.8) is 0 Å². The van der Waals surface area contributed by atoms with Crippen LogP contribution in [0.4, 0.5) is 0 Å². The van der Waals surface area contributed by atoms with E-state index >= 15 is 0 Å². The van der Waals surface area contributed by atoms with Gasteiger partial charge in [0.1, 0.15) is 5.75 Å². The van der Waals surface area contributed by atoms with Crippen molar-refractivity contribution in [3.8, 4) is 5.75 Å². The summed E-state index contributed by atoms with van der Waals surface area (Å²) in [5, 5.41) is 10.2. The molecule has 27 heavy (non-hydrogen) atoms. The Bertz CT molecular complexity index is 910. The molecule has 7 heteroatoms. The van der Waals surface area contributed by atoms with E-state index in [0.29, 0.717) is 23.3 Å². The molecule has 0 radical (unpaired) electrons. The van der Waals surface area contributed by atoms with Crippen LogP contribution in [0.25, 0.3) is 0 Å². The Morgan fingerprint density at radius 2 is 2.07 bits per heavy atom. The van der Waals surface area contributed by atoms with Crippen molar-refractivity contribution in [2.75, 3.05) is 0 Å². The highest BCUT2D eigenvalue weighted by Gasteiger charge is 2.37. The molecule has 1 atom stereocenters. The van der Waals surface area contributed by atoms with Gasteiger partial charge in [-0.05, 0) is 49.3 Å². The van der Waals surface area contributed by atoms with Crippen molar-refractivity contribution in [2.24, 2.45) is 0 Å². The quantitative estimate of drug-likeness (QED) is 0.481. The first-order valence-electron chi connectivity index (χ1n) is 8.58. The average molecular weight is 363 g/mol. The summed E-state index contributed by atoms with van der Waals surface area (Å²) in [7, 11) is -1.19. The fraction of sp³-hybridized carbons (Fsp3) is 0.200. The fourth-order valence-electron chi connectivity index (χ4n) is 3.04. The van der Waals surface area contributed by atoms with Gasteiger partial charge in [0, 0.05) is 30.2 Å². The van der Waals surface area contributed by atoms with Crippen molar-refractivity contribution in [1.82, 2.24) is 4.98 Å². The number of hydrogen-bond donors (Lipinski definition) is 1. The smallest absolute Gasteiger partial charge is 0.526 e. The number of hydrogen-bond acceptors (Lipinski definition) is 6. The zero-order valence-electron chi connectivity index (χ0n) is 14.8. The maximum atomic E-state index is 12.2. The lowest BCUT2D eigenvalue weighted by atomic mass is 9.64. The first kappa shape index (κ1) is 18.7. The van der Waals surface area contributed by atoms with E-state index in [1.807, 2.05) is 6.07 Å². The number of benzene rings is 1. The lowest BCUT2D eigenvalue weighted by Gasteiger charge is -2.28. The van der Waals surface area contributed by atoms with E-state index in [4.69, 9.17) is 4.65 Å². The molecule has 2 aromatic rings. The third kappa shape index (κ3) is 4.38.